The average Bonchev–Trinajstić information content (AvgIpc) is 3.06. The predicted molar refractivity (Wildman–Crippen MR) is 73.3 cm³/mol. The lowest BCUT2D eigenvalue weighted by atomic mass is 10.3. The molecule has 6 heteroatoms. The van der Waals surface area contributed by atoms with Gasteiger partial charge in [-0.05, 0) is 32.1 Å². The van der Waals surface area contributed by atoms with Crippen LogP contribution in [0.25, 0.3) is 11.2 Å². The Morgan fingerprint density at radius 1 is 1.37 bits per heavy atom. The molecule has 0 aliphatic heterocycles. The van der Waals surface area contributed by atoms with Gasteiger partial charge in [-0.15, -0.1) is 0 Å². The second-order valence-electron chi connectivity index (χ2n) is 4.90. The number of aromatic amines is 1. The van der Waals surface area contributed by atoms with Crippen LogP contribution in [0.4, 0.5) is 5.95 Å². The summed E-state index contributed by atoms with van der Waals surface area (Å²) in [6, 6.07) is 0. The van der Waals surface area contributed by atoms with Crippen LogP contribution in [0, 0.1) is 0 Å². The van der Waals surface area contributed by atoms with Crippen molar-refractivity contribution in [3.05, 3.63) is 6.33 Å². The third kappa shape index (κ3) is 2.62. The molecule has 1 aliphatic rings. The molecule has 3 rings (SSSR count). The van der Waals surface area contributed by atoms with Crippen molar-refractivity contribution in [2.45, 2.75) is 45.1 Å². The Morgan fingerprint density at radius 2 is 2.21 bits per heavy atom. The van der Waals surface area contributed by atoms with Gasteiger partial charge in [0, 0.05) is 6.54 Å². The van der Waals surface area contributed by atoms with E-state index in [1.165, 1.54) is 12.8 Å². The number of hydrogen-bond donors (Lipinski definition) is 2. The van der Waals surface area contributed by atoms with Crippen LogP contribution in [-0.2, 0) is 0 Å². The van der Waals surface area contributed by atoms with E-state index >= 15 is 0 Å². The fourth-order valence-corrected chi connectivity index (χ4v) is 2.37. The second-order valence-corrected chi connectivity index (χ2v) is 4.90. The molecular weight excluding hydrogens is 242 g/mol. The summed E-state index contributed by atoms with van der Waals surface area (Å²) in [5, 5.41) is 3.19. The van der Waals surface area contributed by atoms with Crippen LogP contribution in [0.5, 0.6) is 5.88 Å². The number of nitrogens with zero attached hydrogens (tertiary/aromatic N) is 3. The summed E-state index contributed by atoms with van der Waals surface area (Å²) in [7, 11) is 0. The summed E-state index contributed by atoms with van der Waals surface area (Å²) in [5.74, 6) is 1.21. The zero-order chi connectivity index (χ0) is 13.1. The van der Waals surface area contributed by atoms with E-state index in [4.69, 9.17) is 4.74 Å². The number of aromatic nitrogens is 4. The summed E-state index contributed by atoms with van der Waals surface area (Å²) in [4.78, 5) is 16.1. The van der Waals surface area contributed by atoms with Gasteiger partial charge in [0.05, 0.1) is 6.33 Å². The maximum absolute atomic E-state index is 6.01. The molecule has 102 valence electrons. The maximum atomic E-state index is 6.01. The summed E-state index contributed by atoms with van der Waals surface area (Å²) >= 11 is 0. The topological polar surface area (TPSA) is 75.7 Å². The Morgan fingerprint density at radius 3 is 3.00 bits per heavy atom. The normalized spacial score (nSPS) is 16.1. The van der Waals surface area contributed by atoms with Gasteiger partial charge in [0.25, 0.3) is 0 Å². The molecule has 6 nitrogen and oxygen atoms in total. The van der Waals surface area contributed by atoms with E-state index in [9.17, 15) is 0 Å². The Balaban J connectivity index is 1.88. The molecule has 1 fully saturated rings. The van der Waals surface area contributed by atoms with E-state index in [1.807, 2.05) is 0 Å². The molecule has 0 atom stereocenters. The van der Waals surface area contributed by atoms with E-state index in [2.05, 4.69) is 32.2 Å². The minimum absolute atomic E-state index is 0.278. The van der Waals surface area contributed by atoms with E-state index in [-0.39, 0.29) is 6.10 Å². The molecule has 0 aromatic carbocycles. The van der Waals surface area contributed by atoms with Crippen molar-refractivity contribution in [1.82, 2.24) is 19.9 Å². The average molecular weight is 261 g/mol. The molecule has 2 aromatic heterocycles. The zero-order valence-corrected chi connectivity index (χ0v) is 11.1. The summed E-state index contributed by atoms with van der Waals surface area (Å²) in [6.07, 6.45) is 7.63. The molecule has 0 unspecified atom stereocenters. The first-order valence-electron chi connectivity index (χ1n) is 6.98. The summed E-state index contributed by atoms with van der Waals surface area (Å²) < 4.78 is 6.01. The quantitative estimate of drug-likeness (QED) is 0.864. The van der Waals surface area contributed by atoms with Crippen LogP contribution < -0.4 is 10.1 Å². The summed E-state index contributed by atoms with van der Waals surface area (Å²) in [5.41, 5.74) is 1.44. The molecule has 1 aliphatic carbocycles. The van der Waals surface area contributed by atoms with Crippen molar-refractivity contribution in [3.63, 3.8) is 0 Å². The predicted octanol–water partition coefficient (Wildman–Crippen LogP) is 2.50. The zero-order valence-electron chi connectivity index (χ0n) is 11.1. The van der Waals surface area contributed by atoms with Gasteiger partial charge >= 0.3 is 0 Å². The standard InChI is InChI=1S/C13H19N5O/c1-2-7-14-13-17-11-10(15-8-16-11)12(18-13)19-9-5-3-4-6-9/h8-9H,2-7H2,1H3,(H2,14,15,16,17,18). The number of anilines is 1. The highest BCUT2D eigenvalue weighted by atomic mass is 16.5. The van der Waals surface area contributed by atoms with Crippen molar-refractivity contribution in [2.24, 2.45) is 0 Å². The van der Waals surface area contributed by atoms with Crippen LogP contribution >= 0.6 is 0 Å². The molecule has 1 saturated carbocycles. The Bertz CT molecular complexity index is 547. The fourth-order valence-electron chi connectivity index (χ4n) is 2.37. The third-order valence-corrected chi connectivity index (χ3v) is 3.37. The highest BCUT2D eigenvalue weighted by Crippen LogP contribution is 2.27. The Kier molecular flexibility index (Phi) is 3.48. The first kappa shape index (κ1) is 12.2. The number of nitrogens with one attached hydrogen (secondary N) is 2. The van der Waals surface area contributed by atoms with Gasteiger partial charge < -0.3 is 15.0 Å². The van der Waals surface area contributed by atoms with Crippen molar-refractivity contribution < 1.29 is 4.74 Å². The molecule has 2 heterocycles. The van der Waals surface area contributed by atoms with Gasteiger partial charge in [-0.2, -0.15) is 9.97 Å². The van der Waals surface area contributed by atoms with Gasteiger partial charge in [-0.25, -0.2) is 4.98 Å². The molecule has 0 spiro atoms. The minimum Gasteiger partial charge on any atom is -0.473 e. The number of rotatable bonds is 5. The Hall–Kier alpha value is -1.85. The maximum Gasteiger partial charge on any atom is 0.245 e. The number of H-pyrrole nitrogens is 1. The van der Waals surface area contributed by atoms with Crippen LogP contribution in [-0.4, -0.2) is 32.6 Å². The van der Waals surface area contributed by atoms with Gasteiger partial charge in [0.1, 0.15) is 11.6 Å². The number of imidazole rings is 1. The van der Waals surface area contributed by atoms with Gasteiger partial charge in [0.15, 0.2) is 5.65 Å². The molecule has 2 N–H and O–H groups in total. The molecule has 0 amide bonds. The highest BCUT2D eigenvalue weighted by molar-refractivity contribution is 5.76. The van der Waals surface area contributed by atoms with Crippen LogP contribution in [0.1, 0.15) is 39.0 Å². The molecule has 0 bridgehead atoms. The lowest BCUT2D eigenvalue weighted by Crippen LogP contribution is -2.13. The Labute approximate surface area is 112 Å². The molecular formula is C13H19N5O. The number of fused-ring (bicyclic) bond motifs is 1. The lowest BCUT2D eigenvalue weighted by molar-refractivity contribution is 0.204. The first-order valence-corrected chi connectivity index (χ1v) is 6.98. The van der Waals surface area contributed by atoms with E-state index < -0.39 is 0 Å². The minimum atomic E-state index is 0.278. The summed E-state index contributed by atoms with van der Waals surface area (Å²) in [6.45, 7) is 2.95. The van der Waals surface area contributed by atoms with Crippen LogP contribution in [0.15, 0.2) is 6.33 Å². The number of ether oxygens (including phenoxy) is 1. The molecule has 19 heavy (non-hydrogen) atoms. The van der Waals surface area contributed by atoms with E-state index in [1.54, 1.807) is 6.33 Å². The van der Waals surface area contributed by atoms with E-state index in [0.717, 1.165) is 31.3 Å². The smallest absolute Gasteiger partial charge is 0.245 e. The monoisotopic (exact) mass is 261 g/mol. The molecule has 2 aromatic rings. The van der Waals surface area contributed by atoms with E-state index in [0.29, 0.717) is 17.5 Å². The molecule has 0 radical (unpaired) electrons. The fraction of sp³-hybridized carbons (Fsp3) is 0.615. The first-order chi connectivity index (χ1) is 9.36. The van der Waals surface area contributed by atoms with Crippen molar-refractivity contribution in [2.75, 3.05) is 11.9 Å². The van der Waals surface area contributed by atoms with Crippen molar-refractivity contribution >= 4 is 17.1 Å². The van der Waals surface area contributed by atoms with Crippen LogP contribution in [0.2, 0.25) is 0 Å². The van der Waals surface area contributed by atoms with Gasteiger partial charge in [-0.1, -0.05) is 6.92 Å². The van der Waals surface area contributed by atoms with Crippen molar-refractivity contribution in [1.29, 1.82) is 0 Å². The largest absolute Gasteiger partial charge is 0.473 e. The lowest BCUT2D eigenvalue weighted by Gasteiger charge is -2.13. The highest BCUT2D eigenvalue weighted by Gasteiger charge is 2.20. The van der Waals surface area contributed by atoms with Gasteiger partial charge in [0.2, 0.25) is 11.8 Å². The number of hydrogen-bond acceptors (Lipinski definition) is 5. The SMILES string of the molecule is CCCNc1nc(OC2CCCC2)c2[nH]cnc2n1. The van der Waals surface area contributed by atoms with Gasteiger partial charge in [-0.3, -0.25) is 0 Å². The second kappa shape index (κ2) is 5.42. The molecule has 0 saturated heterocycles. The van der Waals surface area contributed by atoms with Crippen molar-refractivity contribution in [3.8, 4) is 5.88 Å². The third-order valence-electron chi connectivity index (χ3n) is 3.37. The van der Waals surface area contributed by atoms with Crippen LogP contribution in [0.3, 0.4) is 0 Å².